The number of halogens is 4. The number of rotatable bonds is 4. The Morgan fingerprint density at radius 1 is 1.50 bits per heavy atom. The molecule has 1 rings (SSSR count). The van der Waals surface area contributed by atoms with E-state index in [1.807, 2.05) is 0 Å². The molecule has 0 bridgehead atoms. The molecule has 1 N–H and O–H groups in total. The quantitative estimate of drug-likeness (QED) is 0.899. The number of hydrogen-bond acceptors (Lipinski definition) is 2. The number of carbonyl (C=O) groups is 1. The summed E-state index contributed by atoms with van der Waals surface area (Å²) in [6, 6.07) is 2.01. The van der Waals surface area contributed by atoms with E-state index in [0.29, 0.717) is 0 Å². The summed E-state index contributed by atoms with van der Waals surface area (Å²) < 4.78 is 41.2. The van der Waals surface area contributed by atoms with Crippen LogP contribution in [0.25, 0.3) is 0 Å². The van der Waals surface area contributed by atoms with Crippen molar-refractivity contribution >= 4 is 17.6 Å². The normalized spacial score (nSPS) is 10.6. The molecule has 0 atom stereocenters. The molecular weight excluding hydrogens is 249 g/mol. The number of aliphatic carboxylic acids is 1. The SMILES string of the molecule is O=C(O)Cc1c(OC(F)F)ccc(Cl)c1F. The molecule has 16 heavy (non-hydrogen) atoms. The molecule has 0 aromatic heterocycles. The van der Waals surface area contributed by atoms with Crippen LogP contribution in [0.15, 0.2) is 12.1 Å². The first-order valence-electron chi connectivity index (χ1n) is 4.05. The number of hydrogen-bond donors (Lipinski definition) is 1. The molecular formula is C9H6ClF3O3. The van der Waals surface area contributed by atoms with E-state index in [9.17, 15) is 18.0 Å². The summed E-state index contributed by atoms with van der Waals surface area (Å²) in [5.41, 5.74) is -0.500. The Labute approximate surface area is 93.4 Å². The van der Waals surface area contributed by atoms with E-state index < -0.39 is 36.1 Å². The maximum absolute atomic E-state index is 13.4. The van der Waals surface area contributed by atoms with Gasteiger partial charge in [0.2, 0.25) is 0 Å². The highest BCUT2D eigenvalue weighted by molar-refractivity contribution is 6.30. The monoisotopic (exact) mass is 254 g/mol. The van der Waals surface area contributed by atoms with Crippen LogP contribution in [0.3, 0.4) is 0 Å². The fourth-order valence-corrected chi connectivity index (χ4v) is 1.27. The second-order valence-electron chi connectivity index (χ2n) is 2.79. The lowest BCUT2D eigenvalue weighted by atomic mass is 10.1. The first-order valence-corrected chi connectivity index (χ1v) is 4.43. The molecule has 0 unspecified atom stereocenters. The van der Waals surface area contributed by atoms with Gasteiger partial charge in [-0.05, 0) is 12.1 Å². The first kappa shape index (κ1) is 12.6. The van der Waals surface area contributed by atoms with E-state index >= 15 is 0 Å². The number of ether oxygens (including phenoxy) is 1. The van der Waals surface area contributed by atoms with Gasteiger partial charge in [-0.25, -0.2) is 4.39 Å². The third-order valence-corrected chi connectivity index (χ3v) is 1.99. The molecule has 0 aliphatic carbocycles. The van der Waals surface area contributed by atoms with Crippen molar-refractivity contribution in [2.24, 2.45) is 0 Å². The van der Waals surface area contributed by atoms with Crippen molar-refractivity contribution < 1.29 is 27.8 Å². The molecule has 0 spiro atoms. The molecule has 0 saturated carbocycles. The lowest BCUT2D eigenvalue weighted by Gasteiger charge is -2.10. The lowest BCUT2D eigenvalue weighted by Crippen LogP contribution is -2.09. The van der Waals surface area contributed by atoms with Crippen molar-refractivity contribution in [2.75, 3.05) is 0 Å². The van der Waals surface area contributed by atoms with Gasteiger partial charge in [0.15, 0.2) is 0 Å². The zero-order valence-electron chi connectivity index (χ0n) is 7.71. The fraction of sp³-hybridized carbons (Fsp3) is 0.222. The Hall–Kier alpha value is -1.43. The average Bonchev–Trinajstić information content (AvgIpc) is 2.16. The van der Waals surface area contributed by atoms with E-state index in [-0.39, 0.29) is 5.02 Å². The van der Waals surface area contributed by atoms with Crippen molar-refractivity contribution in [3.05, 3.63) is 28.5 Å². The van der Waals surface area contributed by atoms with E-state index in [1.54, 1.807) is 0 Å². The lowest BCUT2D eigenvalue weighted by molar-refractivity contribution is -0.136. The summed E-state index contributed by atoms with van der Waals surface area (Å²) in [5, 5.41) is 8.14. The van der Waals surface area contributed by atoms with E-state index in [0.717, 1.165) is 12.1 Å². The first-order chi connectivity index (χ1) is 7.41. The van der Waals surface area contributed by atoms with Crippen LogP contribution in [-0.4, -0.2) is 17.7 Å². The second-order valence-corrected chi connectivity index (χ2v) is 3.19. The Balaban J connectivity index is 3.15. The van der Waals surface area contributed by atoms with Crippen LogP contribution in [0, 0.1) is 5.82 Å². The van der Waals surface area contributed by atoms with Crippen LogP contribution < -0.4 is 4.74 Å². The zero-order chi connectivity index (χ0) is 12.3. The Bertz CT molecular complexity index is 409. The predicted octanol–water partition coefficient (Wildman–Crippen LogP) is 2.71. The maximum atomic E-state index is 13.4. The van der Waals surface area contributed by atoms with Crippen molar-refractivity contribution in [3.63, 3.8) is 0 Å². The molecule has 0 saturated heterocycles. The van der Waals surface area contributed by atoms with Crippen LogP contribution in [0.1, 0.15) is 5.56 Å². The minimum absolute atomic E-state index is 0.349. The van der Waals surface area contributed by atoms with Gasteiger partial charge in [-0.1, -0.05) is 11.6 Å². The molecule has 0 radical (unpaired) electrons. The number of carboxylic acids is 1. The van der Waals surface area contributed by atoms with Crippen LogP contribution in [-0.2, 0) is 11.2 Å². The summed E-state index contributed by atoms with van der Waals surface area (Å²) in [6.07, 6.45) is -0.783. The third kappa shape index (κ3) is 3.03. The summed E-state index contributed by atoms with van der Waals surface area (Å²) >= 11 is 5.39. The Kier molecular flexibility index (Phi) is 4.00. The molecule has 1 aromatic rings. The highest BCUT2D eigenvalue weighted by Gasteiger charge is 2.18. The molecule has 0 aliphatic heterocycles. The summed E-state index contributed by atoms with van der Waals surface area (Å²) in [5.74, 6) is -2.97. The molecule has 7 heteroatoms. The maximum Gasteiger partial charge on any atom is 0.387 e. The van der Waals surface area contributed by atoms with Crippen LogP contribution in [0.4, 0.5) is 13.2 Å². The van der Waals surface area contributed by atoms with Gasteiger partial charge < -0.3 is 9.84 Å². The van der Waals surface area contributed by atoms with E-state index in [4.69, 9.17) is 16.7 Å². The van der Waals surface area contributed by atoms with Crippen molar-refractivity contribution in [1.29, 1.82) is 0 Å². The molecule has 3 nitrogen and oxygen atoms in total. The molecule has 1 aromatic carbocycles. The smallest absolute Gasteiger partial charge is 0.387 e. The topological polar surface area (TPSA) is 46.5 Å². The van der Waals surface area contributed by atoms with Gasteiger partial charge in [0, 0.05) is 5.56 Å². The van der Waals surface area contributed by atoms with Crippen LogP contribution in [0.2, 0.25) is 5.02 Å². The molecule has 88 valence electrons. The largest absolute Gasteiger partial charge is 0.481 e. The fourth-order valence-electron chi connectivity index (χ4n) is 1.10. The molecule has 0 fully saturated rings. The Morgan fingerprint density at radius 2 is 2.12 bits per heavy atom. The number of benzene rings is 1. The second kappa shape index (κ2) is 5.07. The minimum Gasteiger partial charge on any atom is -0.481 e. The standard InChI is InChI=1S/C9H6ClF3O3/c10-5-1-2-6(16-9(12)13)4(8(5)11)3-7(14)15/h1-2,9H,3H2,(H,14,15). The van der Waals surface area contributed by atoms with Gasteiger partial charge in [-0.2, -0.15) is 8.78 Å². The van der Waals surface area contributed by atoms with Crippen molar-refractivity contribution in [1.82, 2.24) is 0 Å². The minimum atomic E-state index is -3.16. The number of alkyl halides is 2. The average molecular weight is 255 g/mol. The summed E-state index contributed by atoms with van der Waals surface area (Å²) in [4.78, 5) is 10.4. The van der Waals surface area contributed by atoms with Crippen LogP contribution >= 0.6 is 11.6 Å². The van der Waals surface area contributed by atoms with E-state index in [2.05, 4.69) is 4.74 Å². The number of carboxylic acid groups (broad SMARTS) is 1. The highest BCUT2D eigenvalue weighted by Crippen LogP contribution is 2.29. The molecule has 0 heterocycles. The zero-order valence-corrected chi connectivity index (χ0v) is 8.47. The summed E-state index contributed by atoms with van der Waals surface area (Å²) in [6.45, 7) is -3.16. The van der Waals surface area contributed by atoms with Gasteiger partial charge in [0.1, 0.15) is 11.6 Å². The van der Waals surface area contributed by atoms with Gasteiger partial charge in [0.05, 0.1) is 11.4 Å². The highest BCUT2D eigenvalue weighted by atomic mass is 35.5. The van der Waals surface area contributed by atoms with Gasteiger partial charge in [-0.15, -0.1) is 0 Å². The van der Waals surface area contributed by atoms with Gasteiger partial charge >= 0.3 is 12.6 Å². The third-order valence-electron chi connectivity index (χ3n) is 1.70. The van der Waals surface area contributed by atoms with Gasteiger partial charge in [-0.3, -0.25) is 4.79 Å². The Morgan fingerprint density at radius 3 is 2.62 bits per heavy atom. The van der Waals surface area contributed by atoms with E-state index in [1.165, 1.54) is 0 Å². The summed E-state index contributed by atoms with van der Waals surface area (Å²) in [7, 11) is 0. The molecule has 0 amide bonds. The van der Waals surface area contributed by atoms with Crippen molar-refractivity contribution in [2.45, 2.75) is 13.0 Å². The van der Waals surface area contributed by atoms with Crippen molar-refractivity contribution in [3.8, 4) is 5.75 Å². The van der Waals surface area contributed by atoms with Crippen LogP contribution in [0.5, 0.6) is 5.75 Å². The predicted molar refractivity (Wildman–Crippen MR) is 49.4 cm³/mol. The van der Waals surface area contributed by atoms with Gasteiger partial charge in [0.25, 0.3) is 0 Å². The molecule has 0 aliphatic rings.